The third-order valence-corrected chi connectivity index (χ3v) is 6.94. The average Bonchev–Trinajstić information content (AvgIpc) is 3.50. The molecule has 5 rings (SSSR count). The molecule has 1 unspecified atom stereocenters. The third-order valence-electron chi connectivity index (χ3n) is 6.05. The van der Waals surface area contributed by atoms with Gasteiger partial charge in [-0.1, -0.05) is 6.07 Å². The highest BCUT2D eigenvalue weighted by Crippen LogP contribution is 2.24. The molecule has 0 spiro atoms. The quantitative estimate of drug-likeness (QED) is 0.623. The molecule has 8 nitrogen and oxygen atoms in total. The number of aromatic nitrogens is 4. The number of carbonyl (C=O) groups is 1. The van der Waals surface area contributed by atoms with Crippen molar-refractivity contribution < 1.29 is 4.79 Å². The first-order valence-electron chi connectivity index (χ1n) is 10.6. The van der Waals surface area contributed by atoms with Gasteiger partial charge in [0.15, 0.2) is 5.82 Å². The van der Waals surface area contributed by atoms with Crippen LogP contribution in [0.4, 0.5) is 5.82 Å². The van der Waals surface area contributed by atoms with Crippen LogP contribution in [-0.4, -0.2) is 57.0 Å². The van der Waals surface area contributed by atoms with E-state index < -0.39 is 6.04 Å². The lowest BCUT2D eigenvalue weighted by molar-refractivity contribution is -0.135. The zero-order valence-corrected chi connectivity index (χ0v) is 18.2. The first-order valence-corrected chi connectivity index (χ1v) is 11.5. The van der Waals surface area contributed by atoms with Crippen molar-refractivity contribution in [2.45, 2.75) is 32.2 Å². The number of carbonyl (C=O) groups excluding carboxylic acids is 1. The molecular formula is C22H24N6O2S. The summed E-state index contributed by atoms with van der Waals surface area (Å²) in [6.45, 7) is 4.31. The standard InChI is InChI=1S/C22H24N6O2S/c1-15(28-21(29)8-7-18(25-28)19-6-3-13-31-19)22(30)27-11-9-26(10-12-27)20-14-16-4-2-5-17(16)23-24-20/h3,6-8,13-15H,2,4-5,9-12H2,1H3. The molecule has 31 heavy (non-hydrogen) atoms. The maximum absolute atomic E-state index is 13.1. The van der Waals surface area contributed by atoms with Crippen LogP contribution < -0.4 is 10.5 Å². The average molecular weight is 437 g/mol. The van der Waals surface area contributed by atoms with Gasteiger partial charge < -0.3 is 9.80 Å². The van der Waals surface area contributed by atoms with E-state index in [2.05, 4.69) is 26.3 Å². The van der Waals surface area contributed by atoms with Gasteiger partial charge in [-0.2, -0.15) is 10.2 Å². The minimum absolute atomic E-state index is 0.0855. The molecule has 3 aromatic rings. The van der Waals surface area contributed by atoms with E-state index in [1.807, 2.05) is 22.4 Å². The third kappa shape index (κ3) is 3.85. The summed E-state index contributed by atoms with van der Waals surface area (Å²) in [6, 6.07) is 8.58. The number of anilines is 1. The second-order valence-electron chi connectivity index (χ2n) is 8.00. The molecule has 0 saturated carbocycles. The zero-order valence-electron chi connectivity index (χ0n) is 17.4. The maximum Gasteiger partial charge on any atom is 0.267 e. The summed E-state index contributed by atoms with van der Waals surface area (Å²) in [5.74, 6) is 0.806. The van der Waals surface area contributed by atoms with Crippen LogP contribution in [0.2, 0.25) is 0 Å². The summed E-state index contributed by atoms with van der Waals surface area (Å²) in [5, 5.41) is 15.2. The molecule has 1 aliphatic heterocycles. The van der Waals surface area contributed by atoms with Gasteiger partial charge in [0.2, 0.25) is 5.91 Å². The molecule has 4 heterocycles. The fourth-order valence-electron chi connectivity index (χ4n) is 4.25. The Morgan fingerprint density at radius 3 is 2.71 bits per heavy atom. The van der Waals surface area contributed by atoms with E-state index in [1.165, 1.54) is 16.3 Å². The zero-order chi connectivity index (χ0) is 21.4. The van der Waals surface area contributed by atoms with E-state index in [0.29, 0.717) is 31.9 Å². The van der Waals surface area contributed by atoms with Gasteiger partial charge in [-0.3, -0.25) is 9.59 Å². The predicted octanol–water partition coefficient (Wildman–Crippen LogP) is 2.16. The fourth-order valence-corrected chi connectivity index (χ4v) is 4.95. The van der Waals surface area contributed by atoms with Crippen LogP contribution in [0.15, 0.2) is 40.5 Å². The van der Waals surface area contributed by atoms with Gasteiger partial charge in [0.05, 0.1) is 10.6 Å². The number of hydrogen-bond donors (Lipinski definition) is 0. The van der Waals surface area contributed by atoms with Crippen LogP contribution in [0.3, 0.4) is 0 Å². The van der Waals surface area contributed by atoms with E-state index in [1.54, 1.807) is 24.3 Å². The molecule has 1 saturated heterocycles. The number of piperazine rings is 1. The van der Waals surface area contributed by atoms with Gasteiger partial charge in [0.1, 0.15) is 11.7 Å². The maximum atomic E-state index is 13.1. The van der Waals surface area contributed by atoms with Crippen LogP contribution in [0, 0.1) is 0 Å². The topological polar surface area (TPSA) is 84.2 Å². The number of nitrogens with zero attached hydrogens (tertiary/aromatic N) is 6. The van der Waals surface area contributed by atoms with E-state index >= 15 is 0 Å². The molecule has 0 N–H and O–H groups in total. The highest BCUT2D eigenvalue weighted by Gasteiger charge is 2.28. The van der Waals surface area contributed by atoms with Gasteiger partial charge in [0, 0.05) is 32.2 Å². The smallest absolute Gasteiger partial charge is 0.267 e. The number of rotatable bonds is 4. The van der Waals surface area contributed by atoms with Crippen molar-refractivity contribution in [1.29, 1.82) is 0 Å². The molecule has 1 atom stereocenters. The summed E-state index contributed by atoms with van der Waals surface area (Å²) < 4.78 is 1.30. The van der Waals surface area contributed by atoms with Crippen molar-refractivity contribution in [3.63, 3.8) is 0 Å². The van der Waals surface area contributed by atoms with E-state index in [4.69, 9.17) is 0 Å². The minimum Gasteiger partial charge on any atom is -0.352 e. The van der Waals surface area contributed by atoms with Gasteiger partial charge in [0.25, 0.3) is 5.56 Å². The van der Waals surface area contributed by atoms with Crippen LogP contribution in [-0.2, 0) is 17.6 Å². The van der Waals surface area contributed by atoms with Gasteiger partial charge in [-0.05, 0) is 55.3 Å². The summed E-state index contributed by atoms with van der Waals surface area (Å²) in [6.07, 6.45) is 3.23. The summed E-state index contributed by atoms with van der Waals surface area (Å²) in [7, 11) is 0. The van der Waals surface area contributed by atoms with Crippen molar-refractivity contribution in [3.8, 4) is 10.6 Å². The molecule has 1 fully saturated rings. The Morgan fingerprint density at radius 2 is 1.94 bits per heavy atom. The number of amides is 1. The summed E-state index contributed by atoms with van der Waals surface area (Å²) in [5.41, 5.74) is 2.85. The molecule has 0 aromatic carbocycles. The molecule has 2 aliphatic rings. The SMILES string of the molecule is CC(C(=O)N1CCN(c2cc3c(nn2)CCC3)CC1)n1nc(-c2cccs2)ccc1=O. The van der Waals surface area contributed by atoms with Crippen molar-refractivity contribution in [1.82, 2.24) is 24.9 Å². The number of thiophene rings is 1. The Bertz CT molecular complexity index is 1150. The molecule has 160 valence electrons. The van der Waals surface area contributed by atoms with Crippen molar-refractivity contribution in [3.05, 3.63) is 57.3 Å². The lowest BCUT2D eigenvalue weighted by Gasteiger charge is -2.36. The van der Waals surface area contributed by atoms with Crippen LogP contribution in [0.5, 0.6) is 0 Å². The molecule has 0 radical (unpaired) electrons. The first-order chi connectivity index (χ1) is 15.1. The number of hydrogen-bond acceptors (Lipinski definition) is 7. The lowest BCUT2D eigenvalue weighted by atomic mass is 10.2. The van der Waals surface area contributed by atoms with E-state index in [9.17, 15) is 9.59 Å². The Labute approximate surface area is 184 Å². The highest BCUT2D eigenvalue weighted by molar-refractivity contribution is 7.13. The molecular weight excluding hydrogens is 412 g/mol. The molecule has 0 bridgehead atoms. The fraction of sp³-hybridized carbons (Fsp3) is 0.409. The second kappa shape index (κ2) is 8.22. The summed E-state index contributed by atoms with van der Waals surface area (Å²) >= 11 is 1.55. The second-order valence-corrected chi connectivity index (χ2v) is 8.94. The van der Waals surface area contributed by atoms with E-state index in [0.717, 1.165) is 35.7 Å². The Balaban J connectivity index is 1.27. The van der Waals surface area contributed by atoms with Gasteiger partial charge in [-0.25, -0.2) is 4.68 Å². The van der Waals surface area contributed by atoms with E-state index in [-0.39, 0.29) is 11.5 Å². The van der Waals surface area contributed by atoms with Crippen LogP contribution in [0.1, 0.15) is 30.6 Å². The number of aryl methyl sites for hydroxylation is 2. The number of fused-ring (bicyclic) bond motifs is 1. The highest BCUT2D eigenvalue weighted by atomic mass is 32.1. The molecule has 9 heteroatoms. The largest absolute Gasteiger partial charge is 0.352 e. The Kier molecular flexibility index (Phi) is 5.27. The Morgan fingerprint density at radius 1 is 1.10 bits per heavy atom. The molecule has 1 aliphatic carbocycles. The normalized spacial score (nSPS) is 16.9. The molecule has 3 aromatic heterocycles. The predicted molar refractivity (Wildman–Crippen MR) is 119 cm³/mol. The van der Waals surface area contributed by atoms with Crippen molar-refractivity contribution in [2.24, 2.45) is 0 Å². The summed E-state index contributed by atoms with van der Waals surface area (Å²) in [4.78, 5) is 30.5. The van der Waals surface area contributed by atoms with Crippen LogP contribution in [0.25, 0.3) is 10.6 Å². The van der Waals surface area contributed by atoms with Gasteiger partial charge >= 0.3 is 0 Å². The minimum atomic E-state index is -0.654. The van der Waals surface area contributed by atoms with Gasteiger partial charge in [-0.15, -0.1) is 16.4 Å². The first kappa shape index (κ1) is 19.9. The lowest BCUT2D eigenvalue weighted by Crippen LogP contribution is -2.51. The van der Waals surface area contributed by atoms with Crippen molar-refractivity contribution >= 4 is 23.1 Å². The van der Waals surface area contributed by atoms with Crippen LogP contribution >= 0.6 is 11.3 Å². The molecule has 1 amide bonds. The monoisotopic (exact) mass is 436 g/mol. The van der Waals surface area contributed by atoms with Crippen molar-refractivity contribution in [2.75, 3.05) is 31.1 Å². The Hall–Kier alpha value is -3.07.